The Morgan fingerprint density at radius 3 is 2.57 bits per heavy atom. The van der Waals surface area contributed by atoms with Gasteiger partial charge in [0.05, 0.1) is 48.6 Å². The van der Waals surface area contributed by atoms with Crippen molar-refractivity contribution >= 4 is 40.0 Å². The Morgan fingerprint density at radius 1 is 1.11 bits per heavy atom. The number of anilines is 4. The number of benzene rings is 2. The molecule has 2 aliphatic rings. The minimum atomic E-state index is -0.406. The lowest BCUT2D eigenvalue weighted by Gasteiger charge is -2.41. The molecule has 2 aromatic carbocycles. The monoisotopic (exact) mass is 628 g/mol. The molecule has 2 saturated heterocycles. The molecule has 12 heteroatoms. The number of aromatic nitrogens is 4. The first-order valence-corrected chi connectivity index (χ1v) is 15.8. The van der Waals surface area contributed by atoms with Gasteiger partial charge in [-0.3, -0.25) is 9.69 Å². The first-order chi connectivity index (χ1) is 22.2. The molecule has 4 heterocycles. The van der Waals surface area contributed by atoms with E-state index in [4.69, 9.17) is 14.5 Å². The summed E-state index contributed by atoms with van der Waals surface area (Å²) in [7, 11) is 1.60. The summed E-state index contributed by atoms with van der Waals surface area (Å²) in [5.41, 5.74) is 4.27. The average molecular weight is 629 g/mol. The van der Waals surface area contributed by atoms with Gasteiger partial charge in [0.15, 0.2) is 5.82 Å². The van der Waals surface area contributed by atoms with Crippen molar-refractivity contribution in [3.05, 3.63) is 60.8 Å². The van der Waals surface area contributed by atoms with E-state index in [2.05, 4.69) is 37.0 Å². The largest absolute Gasteiger partial charge is 0.494 e. The maximum atomic E-state index is 15.2. The molecule has 0 aliphatic carbocycles. The highest BCUT2D eigenvalue weighted by atomic mass is 19.1. The molecule has 0 saturated carbocycles. The number of amides is 1. The van der Waals surface area contributed by atoms with E-state index in [0.717, 1.165) is 63.7 Å². The highest BCUT2D eigenvalue weighted by molar-refractivity contribution is 6.02. The molecule has 2 N–H and O–H groups in total. The van der Waals surface area contributed by atoms with Crippen LogP contribution in [0.5, 0.6) is 5.75 Å². The molecular weight excluding hydrogens is 587 g/mol. The summed E-state index contributed by atoms with van der Waals surface area (Å²) in [5.74, 6) is 0.899. The zero-order chi connectivity index (χ0) is 32.4. The summed E-state index contributed by atoms with van der Waals surface area (Å²) in [6, 6.07) is 9.49. The van der Waals surface area contributed by atoms with E-state index < -0.39 is 5.82 Å². The van der Waals surface area contributed by atoms with Gasteiger partial charge in [0.25, 0.3) is 0 Å². The Morgan fingerprint density at radius 2 is 1.87 bits per heavy atom. The van der Waals surface area contributed by atoms with Crippen LogP contribution in [0.4, 0.5) is 27.4 Å². The van der Waals surface area contributed by atoms with E-state index in [9.17, 15) is 4.79 Å². The number of nitrogens with zero attached hydrogens (tertiary/aromatic N) is 6. The number of fused-ring (bicyclic) bond motifs is 1. The SMILES string of the molecule is C=CC(=O)Nc1cc(Nc2nccc(-c3cc(F)c4nc(C)n(C(C)C)c4c3)n2)c(OC)cc1N1CCC(N2CCOCC2)CC1. The summed E-state index contributed by atoms with van der Waals surface area (Å²) >= 11 is 0. The molecule has 0 atom stereocenters. The highest BCUT2D eigenvalue weighted by Gasteiger charge is 2.28. The van der Waals surface area contributed by atoms with E-state index in [1.165, 1.54) is 12.1 Å². The third-order valence-corrected chi connectivity index (χ3v) is 8.77. The topological polar surface area (TPSA) is 110 Å². The number of methoxy groups -OCH3 is 1. The van der Waals surface area contributed by atoms with Gasteiger partial charge in [-0.15, -0.1) is 0 Å². The van der Waals surface area contributed by atoms with Crippen LogP contribution in [0.2, 0.25) is 0 Å². The number of morpholine rings is 1. The standard InChI is InChI=1S/C34H41FN8O3/c1-6-32(44)38-27-19-28(31(45-5)20-29(27)42-11-8-24(9-12-42)41-13-15-46-16-14-41)40-34-36-10-7-26(39-34)23-17-25(35)33-30(18-23)43(21(2)3)22(4)37-33/h6-7,10,17-21,24H,1,8-9,11-16H2,2-5H3,(H,38,44)(H,36,39,40). The molecule has 2 aliphatic heterocycles. The van der Waals surface area contributed by atoms with Gasteiger partial charge in [-0.2, -0.15) is 0 Å². The van der Waals surface area contributed by atoms with Gasteiger partial charge in [-0.05, 0) is 64.0 Å². The zero-order valence-electron chi connectivity index (χ0n) is 26.8. The van der Waals surface area contributed by atoms with E-state index in [-0.39, 0.29) is 11.9 Å². The number of aryl methyl sites for hydroxylation is 1. The minimum Gasteiger partial charge on any atom is -0.494 e. The fourth-order valence-corrected chi connectivity index (χ4v) is 6.56. The molecule has 0 radical (unpaired) electrons. The molecule has 2 fully saturated rings. The second kappa shape index (κ2) is 13.4. The van der Waals surface area contributed by atoms with Crippen molar-refractivity contribution in [2.75, 3.05) is 62.0 Å². The molecule has 0 spiro atoms. The number of carbonyl (C=O) groups excluding carboxylic acids is 1. The predicted octanol–water partition coefficient (Wildman–Crippen LogP) is 5.70. The predicted molar refractivity (Wildman–Crippen MR) is 179 cm³/mol. The molecule has 0 unspecified atom stereocenters. The van der Waals surface area contributed by atoms with Crippen molar-refractivity contribution in [2.45, 2.75) is 45.7 Å². The second-order valence-corrected chi connectivity index (χ2v) is 12.0. The number of carbonyl (C=O) groups is 1. The van der Waals surface area contributed by atoms with Gasteiger partial charge in [0, 0.05) is 56.1 Å². The summed E-state index contributed by atoms with van der Waals surface area (Å²) in [6.07, 6.45) is 4.90. The second-order valence-electron chi connectivity index (χ2n) is 12.0. The van der Waals surface area contributed by atoms with Crippen molar-refractivity contribution in [1.29, 1.82) is 0 Å². The number of hydrogen-bond acceptors (Lipinski definition) is 9. The molecule has 242 valence electrons. The molecular formula is C34H41FN8O3. The Labute approximate surface area is 268 Å². The summed E-state index contributed by atoms with van der Waals surface area (Å²) < 4.78 is 28.6. The van der Waals surface area contributed by atoms with E-state index in [0.29, 0.717) is 51.4 Å². The van der Waals surface area contributed by atoms with Gasteiger partial charge in [-0.1, -0.05) is 6.58 Å². The Balaban J connectivity index is 1.29. The van der Waals surface area contributed by atoms with Crippen molar-refractivity contribution in [2.24, 2.45) is 0 Å². The quantitative estimate of drug-likeness (QED) is 0.226. The fourth-order valence-electron chi connectivity index (χ4n) is 6.56. The van der Waals surface area contributed by atoms with Crippen LogP contribution in [0.1, 0.15) is 38.6 Å². The van der Waals surface area contributed by atoms with Crippen LogP contribution in [0.25, 0.3) is 22.3 Å². The van der Waals surface area contributed by atoms with Crippen molar-refractivity contribution in [3.63, 3.8) is 0 Å². The van der Waals surface area contributed by atoms with Crippen LogP contribution in [0, 0.1) is 12.7 Å². The van der Waals surface area contributed by atoms with Gasteiger partial charge >= 0.3 is 0 Å². The molecule has 1 amide bonds. The number of piperidine rings is 1. The first kappa shape index (κ1) is 31.4. The summed E-state index contributed by atoms with van der Waals surface area (Å²) in [6.45, 7) is 14.8. The number of rotatable bonds is 9. The van der Waals surface area contributed by atoms with Gasteiger partial charge in [0.2, 0.25) is 11.9 Å². The third kappa shape index (κ3) is 6.40. The van der Waals surface area contributed by atoms with E-state index >= 15 is 4.39 Å². The van der Waals surface area contributed by atoms with Crippen molar-refractivity contribution < 1.29 is 18.7 Å². The lowest BCUT2D eigenvalue weighted by atomic mass is 10.0. The summed E-state index contributed by atoms with van der Waals surface area (Å²) in [4.78, 5) is 30.9. The molecule has 4 aromatic rings. The van der Waals surface area contributed by atoms with Crippen molar-refractivity contribution in [3.8, 4) is 17.0 Å². The molecule has 11 nitrogen and oxygen atoms in total. The number of imidazole rings is 1. The Bertz CT molecular complexity index is 1740. The fraction of sp³-hybridized carbons (Fsp3) is 0.412. The average Bonchev–Trinajstić information content (AvgIpc) is 3.42. The van der Waals surface area contributed by atoms with Crippen molar-refractivity contribution in [1.82, 2.24) is 24.4 Å². The number of nitrogens with one attached hydrogen (secondary N) is 2. The zero-order valence-corrected chi connectivity index (χ0v) is 26.8. The Hall–Kier alpha value is -4.55. The maximum absolute atomic E-state index is 15.2. The van der Waals surface area contributed by atoms with E-state index in [1.54, 1.807) is 19.4 Å². The van der Waals surface area contributed by atoms with Crippen LogP contribution in [0.15, 0.2) is 49.2 Å². The van der Waals surface area contributed by atoms with Gasteiger partial charge in [0.1, 0.15) is 17.1 Å². The number of hydrogen-bond donors (Lipinski definition) is 2. The minimum absolute atomic E-state index is 0.115. The van der Waals surface area contributed by atoms with Crippen LogP contribution in [0.3, 0.4) is 0 Å². The van der Waals surface area contributed by atoms with Crippen LogP contribution >= 0.6 is 0 Å². The molecule has 2 aromatic heterocycles. The van der Waals surface area contributed by atoms with E-state index in [1.807, 2.05) is 43.5 Å². The third-order valence-electron chi connectivity index (χ3n) is 8.77. The smallest absolute Gasteiger partial charge is 0.247 e. The Kier molecular flexibility index (Phi) is 9.18. The van der Waals surface area contributed by atoms with Crippen LogP contribution in [-0.4, -0.2) is 82.9 Å². The van der Waals surface area contributed by atoms with Crippen LogP contribution in [-0.2, 0) is 9.53 Å². The van der Waals surface area contributed by atoms with Crippen LogP contribution < -0.4 is 20.3 Å². The number of ether oxygens (including phenoxy) is 2. The van der Waals surface area contributed by atoms with Gasteiger partial charge < -0.3 is 29.6 Å². The summed E-state index contributed by atoms with van der Waals surface area (Å²) in [5, 5.41) is 6.23. The maximum Gasteiger partial charge on any atom is 0.247 e. The molecule has 0 bridgehead atoms. The highest BCUT2D eigenvalue weighted by Crippen LogP contribution is 2.40. The first-order valence-electron chi connectivity index (χ1n) is 15.8. The lowest BCUT2D eigenvalue weighted by molar-refractivity contribution is -0.111. The normalized spacial score (nSPS) is 16.2. The number of halogens is 1. The molecule has 46 heavy (non-hydrogen) atoms. The lowest BCUT2D eigenvalue weighted by Crippen LogP contribution is -2.49. The van der Waals surface area contributed by atoms with Gasteiger partial charge in [-0.25, -0.2) is 19.3 Å². The molecule has 6 rings (SSSR count).